The van der Waals surface area contributed by atoms with Crippen molar-refractivity contribution in [2.24, 2.45) is 5.10 Å². The fraction of sp³-hybridized carbons (Fsp3) is 0.111. The van der Waals surface area contributed by atoms with E-state index in [-0.39, 0.29) is 5.91 Å². The Hall–Kier alpha value is -3.13. The van der Waals surface area contributed by atoms with E-state index in [1.165, 1.54) is 11.8 Å². The normalized spacial score (nSPS) is 13.3. The maximum Gasteiger partial charge on any atom is 0.275 e. The monoisotopic (exact) mass is 365 g/mol. The fourth-order valence-electron chi connectivity index (χ4n) is 2.57. The maximum atomic E-state index is 12.0. The van der Waals surface area contributed by atoms with Crippen LogP contribution in [0.3, 0.4) is 0 Å². The second-order valence-corrected chi connectivity index (χ2v) is 6.48. The van der Waals surface area contributed by atoms with Gasteiger partial charge in [-0.1, -0.05) is 42.1 Å². The summed E-state index contributed by atoms with van der Waals surface area (Å²) in [5.74, 6) is 1.79. The second kappa shape index (κ2) is 7.01. The zero-order valence-corrected chi connectivity index (χ0v) is 14.7. The van der Waals surface area contributed by atoms with Gasteiger partial charge in [0.2, 0.25) is 5.90 Å². The van der Waals surface area contributed by atoms with E-state index in [9.17, 15) is 4.79 Å². The van der Waals surface area contributed by atoms with Crippen LogP contribution in [0.5, 0.6) is 5.75 Å². The van der Waals surface area contributed by atoms with Crippen LogP contribution in [0.25, 0.3) is 5.69 Å². The zero-order chi connectivity index (χ0) is 17.9. The molecular formula is C18H15N5O2S. The number of hydrogen-bond acceptors (Lipinski definition) is 6. The van der Waals surface area contributed by atoms with Crippen molar-refractivity contribution in [2.45, 2.75) is 12.1 Å². The molecule has 0 spiro atoms. The Balaban J connectivity index is 1.55. The van der Waals surface area contributed by atoms with E-state index in [4.69, 9.17) is 4.74 Å². The average molecular weight is 365 g/mol. The molecule has 2 aromatic carbocycles. The number of amides is 1. The highest BCUT2D eigenvalue weighted by Crippen LogP contribution is 2.24. The molecule has 1 amide bonds. The summed E-state index contributed by atoms with van der Waals surface area (Å²) < 4.78 is 7.76. The fourth-order valence-corrected chi connectivity index (χ4v) is 3.41. The standard InChI is InChI=1S/C18H15N5O2S/c1-12-19-22-18(23(12)13-7-3-2-4-8-13)26-11-16-20-21-17(24)14-9-5-6-10-15(14)25-16/h2-10H,11H2,1H3,(H,21,24). The van der Waals surface area contributed by atoms with Crippen LogP contribution in [0.4, 0.5) is 0 Å². The van der Waals surface area contributed by atoms with E-state index in [0.717, 1.165) is 16.7 Å². The van der Waals surface area contributed by atoms with Gasteiger partial charge in [0.05, 0.1) is 11.3 Å². The van der Waals surface area contributed by atoms with Gasteiger partial charge >= 0.3 is 0 Å². The third-order valence-electron chi connectivity index (χ3n) is 3.78. The Labute approximate surface area is 154 Å². The van der Waals surface area contributed by atoms with Gasteiger partial charge in [0.1, 0.15) is 11.6 Å². The Bertz CT molecular complexity index is 984. The molecule has 8 heteroatoms. The third-order valence-corrected chi connectivity index (χ3v) is 4.69. The van der Waals surface area contributed by atoms with Crippen LogP contribution in [0.15, 0.2) is 64.9 Å². The number of carbonyl (C=O) groups excluding carboxylic acids is 1. The Morgan fingerprint density at radius 1 is 1.08 bits per heavy atom. The van der Waals surface area contributed by atoms with Crippen molar-refractivity contribution < 1.29 is 9.53 Å². The summed E-state index contributed by atoms with van der Waals surface area (Å²) in [7, 11) is 0. The third kappa shape index (κ3) is 3.18. The predicted octanol–water partition coefficient (Wildman–Crippen LogP) is 2.80. The van der Waals surface area contributed by atoms with Crippen molar-refractivity contribution >= 4 is 23.6 Å². The van der Waals surface area contributed by atoms with Gasteiger partial charge in [-0.25, -0.2) is 5.43 Å². The minimum absolute atomic E-state index is 0.288. The molecule has 1 N–H and O–H groups in total. The number of thioether (sulfide) groups is 1. The lowest BCUT2D eigenvalue weighted by atomic mass is 10.2. The van der Waals surface area contributed by atoms with Crippen LogP contribution in [-0.2, 0) is 0 Å². The van der Waals surface area contributed by atoms with E-state index in [1.807, 2.05) is 47.9 Å². The molecule has 3 aromatic rings. The van der Waals surface area contributed by atoms with Crippen LogP contribution >= 0.6 is 11.8 Å². The van der Waals surface area contributed by atoms with Gasteiger partial charge < -0.3 is 4.74 Å². The van der Waals surface area contributed by atoms with Gasteiger partial charge in [-0.05, 0) is 31.2 Å². The Morgan fingerprint density at radius 2 is 1.85 bits per heavy atom. The van der Waals surface area contributed by atoms with Crippen LogP contribution in [0.2, 0.25) is 0 Å². The summed E-state index contributed by atoms with van der Waals surface area (Å²) in [5, 5.41) is 13.2. The number of carbonyl (C=O) groups is 1. The van der Waals surface area contributed by atoms with Crippen molar-refractivity contribution in [3.63, 3.8) is 0 Å². The molecule has 0 fully saturated rings. The number of hydrogen-bond donors (Lipinski definition) is 1. The number of aryl methyl sites for hydroxylation is 1. The smallest absolute Gasteiger partial charge is 0.275 e. The number of para-hydroxylation sites is 2. The number of hydrazone groups is 1. The minimum Gasteiger partial charge on any atom is -0.440 e. The van der Waals surface area contributed by atoms with Crippen molar-refractivity contribution in [3.05, 3.63) is 66.0 Å². The topological polar surface area (TPSA) is 81.4 Å². The van der Waals surface area contributed by atoms with Gasteiger partial charge in [-0.2, -0.15) is 0 Å². The van der Waals surface area contributed by atoms with E-state index in [1.54, 1.807) is 18.2 Å². The Kier molecular flexibility index (Phi) is 4.40. The molecule has 0 saturated carbocycles. The van der Waals surface area contributed by atoms with Crippen molar-refractivity contribution in [3.8, 4) is 11.4 Å². The molecule has 0 bridgehead atoms. The number of aromatic nitrogens is 3. The number of fused-ring (bicyclic) bond motifs is 1. The van der Waals surface area contributed by atoms with Gasteiger partial charge in [-0.15, -0.1) is 15.3 Å². The molecule has 2 heterocycles. The number of nitrogens with zero attached hydrogens (tertiary/aromatic N) is 4. The molecule has 0 unspecified atom stereocenters. The van der Waals surface area contributed by atoms with E-state index in [2.05, 4.69) is 20.7 Å². The summed E-state index contributed by atoms with van der Waals surface area (Å²) in [4.78, 5) is 12.0. The first kappa shape index (κ1) is 16.3. The van der Waals surface area contributed by atoms with Crippen molar-refractivity contribution in [2.75, 3.05) is 5.75 Å². The highest BCUT2D eigenvalue weighted by molar-refractivity contribution is 7.99. The first-order valence-electron chi connectivity index (χ1n) is 7.96. The summed E-state index contributed by atoms with van der Waals surface area (Å²) in [6.07, 6.45) is 0. The van der Waals surface area contributed by atoms with Gasteiger partial charge in [0, 0.05) is 5.69 Å². The molecule has 1 aliphatic heterocycles. The van der Waals surface area contributed by atoms with Gasteiger partial charge in [-0.3, -0.25) is 9.36 Å². The number of benzene rings is 2. The Morgan fingerprint density at radius 3 is 2.69 bits per heavy atom. The molecule has 0 atom stereocenters. The van der Waals surface area contributed by atoms with Crippen LogP contribution < -0.4 is 10.2 Å². The lowest BCUT2D eigenvalue weighted by molar-refractivity contribution is 0.0955. The van der Waals surface area contributed by atoms with E-state index >= 15 is 0 Å². The van der Waals surface area contributed by atoms with Crippen LogP contribution in [0, 0.1) is 6.92 Å². The minimum atomic E-state index is -0.288. The SMILES string of the molecule is Cc1nnc(SCC2=NNC(=O)c3ccccc3O2)n1-c1ccccc1. The largest absolute Gasteiger partial charge is 0.440 e. The van der Waals surface area contributed by atoms with Gasteiger partial charge in [0.25, 0.3) is 5.91 Å². The summed E-state index contributed by atoms with van der Waals surface area (Å²) in [6.45, 7) is 1.90. The predicted molar refractivity (Wildman–Crippen MR) is 98.8 cm³/mol. The molecule has 7 nitrogen and oxygen atoms in total. The van der Waals surface area contributed by atoms with Crippen molar-refractivity contribution in [1.82, 2.24) is 20.2 Å². The summed E-state index contributed by atoms with van der Waals surface area (Å²) in [6, 6.07) is 16.9. The van der Waals surface area contributed by atoms with E-state index in [0.29, 0.717) is 23.0 Å². The average Bonchev–Trinajstić information content (AvgIpc) is 2.96. The lowest BCUT2D eigenvalue weighted by Crippen LogP contribution is -2.18. The summed E-state index contributed by atoms with van der Waals surface area (Å²) in [5.41, 5.74) is 3.95. The second-order valence-electron chi connectivity index (χ2n) is 5.53. The first-order valence-corrected chi connectivity index (χ1v) is 8.95. The highest BCUT2D eigenvalue weighted by Gasteiger charge is 2.19. The molecule has 4 rings (SSSR count). The molecule has 1 aromatic heterocycles. The molecular weight excluding hydrogens is 350 g/mol. The van der Waals surface area contributed by atoms with Crippen molar-refractivity contribution in [1.29, 1.82) is 0 Å². The summed E-state index contributed by atoms with van der Waals surface area (Å²) >= 11 is 1.44. The number of nitrogens with one attached hydrogen (secondary N) is 1. The van der Waals surface area contributed by atoms with Crippen LogP contribution in [0.1, 0.15) is 16.2 Å². The molecule has 0 aliphatic carbocycles. The highest BCUT2D eigenvalue weighted by atomic mass is 32.2. The molecule has 0 saturated heterocycles. The number of ether oxygens (including phenoxy) is 1. The maximum absolute atomic E-state index is 12.0. The quantitative estimate of drug-likeness (QED) is 0.719. The first-order chi connectivity index (χ1) is 12.7. The van der Waals surface area contributed by atoms with Crippen LogP contribution in [-0.4, -0.2) is 32.3 Å². The molecule has 0 radical (unpaired) electrons. The lowest BCUT2D eigenvalue weighted by Gasteiger charge is -2.09. The zero-order valence-electron chi connectivity index (χ0n) is 13.9. The van der Waals surface area contributed by atoms with Gasteiger partial charge in [0.15, 0.2) is 5.16 Å². The molecule has 26 heavy (non-hydrogen) atoms. The molecule has 1 aliphatic rings. The number of rotatable bonds is 4. The van der Waals surface area contributed by atoms with E-state index < -0.39 is 0 Å². The molecule has 130 valence electrons.